The number of pyridine rings is 1. The molecule has 96 valence electrons. The van der Waals surface area contributed by atoms with Gasteiger partial charge in [-0.15, -0.1) is 0 Å². The number of nitrogens with zero attached hydrogens (tertiary/aromatic N) is 1. The number of nitrogens with two attached hydrogens (primary N) is 1. The summed E-state index contributed by atoms with van der Waals surface area (Å²) < 4.78 is 41.6. The third-order valence-corrected chi connectivity index (χ3v) is 2.18. The van der Waals surface area contributed by atoms with E-state index in [1.54, 1.807) is 0 Å². The van der Waals surface area contributed by atoms with Crippen LogP contribution in [0.25, 0.3) is 0 Å². The lowest BCUT2D eigenvalue weighted by atomic mass is 10.1. The Labute approximate surface area is 96.9 Å². The van der Waals surface area contributed by atoms with E-state index >= 15 is 0 Å². The molecule has 1 rings (SSSR count). The van der Waals surface area contributed by atoms with Gasteiger partial charge in [-0.3, -0.25) is 16.3 Å². The second-order valence-corrected chi connectivity index (χ2v) is 3.37. The molecule has 3 N–H and O–H groups in total. The molecule has 1 atom stereocenters. The maximum Gasteiger partial charge on any atom is 0.261 e. The molecule has 0 saturated heterocycles. The summed E-state index contributed by atoms with van der Waals surface area (Å²) in [6.45, 7) is -0.558. The minimum absolute atomic E-state index is 0.0704. The average Bonchev–Trinajstić information content (AvgIpc) is 2.30. The zero-order valence-electron chi connectivity index (χ0n) is 9.07. The van der Waals surface area contributed by atoms with Crippen molar-refractivity contribution in [2.24, 2.45) is 5.84 Å². The van der Waals surface area contributed by atoms with Crippen molar-refractivity contribution in [1.82, 2.24) is 10.4 Å². The number of nitrogens with one attached hydrogen (secondary N) is 1. The molecule has 0 spiro atoms. The van der Waals surface area contributed by atoms with E-state index in [9.17, 15) is 13.2 Å². The molecule has 7 heteroatoms. The minimum atomic E-state index is -2.50. The van der Waals surface area contributed by atoms with E-state index in [0.29, 0.717) is 12.0 Å². The van der Waals surface area contributed by atoms with Crippen LogP contribution in [0.1, 0.15) is 18.0 Å². The summed E-state index contributed by atoms with van der Waals surface area (Å²) in [4.78, 5) is 3.61. The van der Waals surface area contributed by atoms with E-state index in [1.807, 2.05) is 0 Å². The van der Waals surface area contributed by atoms with Gasteiger partial charge >= 0.3 is 0 Å². The first kappa shape index (κ1) is 13.9. The van der Waals surface area contributed by atoms with E-state index in [2.05, 4.69) is 10.4 Å². The van der Waals surface area contributed by atoms with Crippen molar-refractivity contribution in [2.75, 3.05) is 13.2 Å². The Morgan fingerprint density at radius 1 is 1.47 bits per heavy atom. The predicted molar refractivity (Wildman–Crippen MR) is 55.7 cm³/mol. The first-order valence-corrected chi connectivity index (χ1v) is 5.06. The third kappa shape index (κ3) is 4.68. The summed E-state index contributed by atoms with van der Waals surface area (Å²) in [7, 11) is 0. The van der Waals surface area contributed by atoms with Crippen molar-refractivity contribution in [3.05, 3.63) is 29.8 Å². The van der Waals surface area contributed by atoms with Gasteiger partial charge in [-0.2, -0.15) is 0 Å². The molecule has 0 aliphatic carbocycles. The van der Waals surface area contributed by atoms with Gasteiger partial charge in [0.25, 0.3) is 6.43 Å². The molecule has 0 bridgehead atoms. The minimum Gasteiger partial charge on any atom is -0.375 e. The smallest absolute Gasteiger partial charge is 0.261 e. The fourth-order valence-corrected chi connectivity index (χ4v) is 1.37. The van der Waals surface area contributed by atoms with Crippen LogP contribution in [0.2, 0.25) is 0 Å². The number of hydrogen-bond acceptors (Lipinski definition) is 4. The van der Waals surface area contributed by atoms with Crippen LogP contribution in [-0.4, -0.2) is 24.6 Å². The van der Waals surface area contributed by atoms with Crippen LogP contribution in [0.15, 0.2) is 18.5 Å². The molecule has 0 saturated carbocycles. The van der Waals surface area contributed by atoms with E-state index in [1.165, 1.54) is 12.3 Å². The largest absolute Gasteiger partial charge is 0.375 e. The van der Waals surface area contributed by atoms with E-state index in [4.69, 9.17) is 10.6 Å². The van der Waals surface area contributed by atoms with Crippen LogP contribution in [-0.2, 0) is 4.74 Å². The summed E-state index contributed by atoms with van der Waals surface area (Å²) in [6, 6.07) is 0.989. The second kappa shape index (κ2) is 7.21. The first-order valence-electron chi connectivity index (χ1n) is 5.06. The van der Waals surface area contributed by atoms with Gasteiger partial charge < -0.3 is 4.74 Å². The number of alkyl halides is 2. The van der Waals surface area contributed by atoms with E-state index in [0.717, 1.165) is 6.20 Å². The molecule has 1 unspecified atom stereocenters. The highest BCUT2D eigenvalue weighted by Crippen LogP contribution is 2.18. The molecule has 17 heavy (non-hydrogen) atoms. The number of halogens is 3. The highest BCUT2D eigenvalue weighted by Gasteiger charge is 2.14. The van der Waals surface area contributed by atoms with Crippen molar-refractivity contribution < 1.29 is 17.9 Å². The lowest BCUT2D eigenvalue weighted by Gasteiger charge is -2.16. The van der Waals surface area contributed by atoms with Crippen LogP contribution >= 0.6 is 0 Å². The van der Waals surface area contributed by atoms with Gasteiger partial charge in [-0.25, -0.2) is 13.2 Å². The third-order valence-electron chi connectivity index (χ3n) is 2.18. The van der Waals surface area contributed by atoms with Gasteiger partial charge in [0, 0.05) is 18.4 Å². The molecule has 0 aromatic carbocycles. The summed E-state index contributed by atoms with van der Waals surface area (Å²) >= 11 is 0. The Bertz CT molecular complexity index is 338. The van der Waals surface area contributed by atoms with Crippen molar-refractivity contribution in [3.63, 3.8) is 0 Å². The van der Waals surface area contributed by atoms with E-state index in [-0.39, 0.29) is 6.61 Å². The number of aromatic nitrogens is 1. The summed E-state index contributed by atoms with van der Waals surface area (Å²) in [6.07, 6.45) is 0.295. The van der Waals surface area contributed by atoms with Crippen molar-refractivity contribution in [3.8, 4) is 0 Å². The molecule has 0 radical (unpaired) electrons. The second-order valence-electron chi connectivity index (χ2n) is 3.37. The first-order chi connectivity index (χ1) is 8.15. The SMILES string of the molecule is NNC(CCOCC(F)F)c1ccncc1F. The molecular formula is C10H14F3N3O. The number of hydrazine groups is 1. The fourth-order valence-electron chi connectivity index (χ4n) is 1.37. The Kier molecular flexibility index (Phi) is 5.88. The topological polar surface area (TPSA) is 60.2 Å². The van der Waals surface area contributed by atoms with E-state index < -0.39 is 24.9 Å². The monoisotopic (exact) mass is 249 g/mol. The standard InChI is InChI=1S/C10H14F3N3O/c11-8-5-15-3-1-7(8)9(16-14)2-4-17-6-10(12)13/h1,3,5,9-10,16H,2,4,6,14H2. The Hall–Kier alpha value is -1.18. The predicted octanol–water partition coefficient (Wildman–Crippen LogP) is 1.40. The molecule has 1 aromatic rings. The lowest BCUT2D eigenvalue weighted by Crippen LogP contribution is -2.29. The zero-order valence-corrected chi connectivity index (χ0v) is 9.07. The van der Waals surface area contributed by atoms with Crippen molar-refractivity contribution in [2.45, 2.75) is 18.9 Å². The fraction of sp³-hybridized carbons (Fsp3) is 0.500. The van der Waals surface area contributed by atoms with Gasteiger partial charge in [-0.05, 0) is 12.5 Å². The normalized spacial score (nSPS) is 13.0. The van der Waals surface area contributed by atoms with Crippen LogP contribution in [0.5, 0.6) is 0 Å². The molecule has 4 nitrogen and oxygen atoms in total. The van der Waals surface area contributed by atoms with Crippen molar-refractivity contribution >= 4 is 0 Å². The summed E-state index contributed by atoms with van der Waals surface area (Å²) in [5.74, 6) is 4.78. The Morgan fingerprint density at radius 2 is 2.24 bits per heavy atom. The maximum absolute atomic E-state index is 13.3. The number of ether oxygens (including phenoxy) is 1. The highest BCUT2D eigenvalue weighted by molar-refractivity contribution is 5.17. The van der Waals surface area contributed by atoms with Gasteiger partial charge in [0.1, 0.15) is 12.4 Å². The zero-order chi connectivity index (χ0) is 12.7. The van der Waals surface area contributed by atoms with Gasteiger partial charge in [0.05, 0.1) is 12.2 Å². The van der Waals surface area contributed by atoms with Gasteiger partial charge in [-0.1, -0.05) is 0 Å². The Balaban J connectivity index is 2.46. The molecular weight excluding hydrogens is 235 g/mol. The molecule has 0 aliphatic rings. The van der Waals surface area contributed by atoms with Crippen LogP contribution in [0, 0.1) is 5.82 Å². The van der Waals surface area contributed by atoms with Crippen LogP contribution in [0.4, 0.5) is 13.2 Å². The summed E-state index contributed by atoms with van der Waals surface area (Å²) in [5, 5.41) is 0. The van der Waals surface area contributed by atoms with Gasteiger partial charge in [0.15, 0.2) is 0 Å². The van der Waals surface area contributed by atoms with Crippen LogP contribution < -0.4 is 11.3 Å². The lowest BCUT2D eigenvalue weighted by molar-refractivity contribution is 0.0143. The summed E-state index contributed by atoms with van der Waals surface area (Å²) in [5.41, 5.74) is 2.75. The quantitative estimate of drug-likeness (QED) is 0.435. The van der Waals surface area contributed by atoms with Gasteiger partial charge in [0.2, 0.25) is 0 Å². The number of rotatable bonds is 7. The average molecular weight is 249 g/mol. The number of hydrogen-bond donors (Lipinski definition) is 2. The van der Waals surface area contributed by atoms with Crippen molar-refractivity contribution in [1.29, 1.82) is 0 Å². The highest BCUT2D eigenvalue weighted by atomic mass is 19.3. The molecule has 0 aliphatic heterocycles. The molecule has 1 aromatic heterocycles. The maximum atomic E-state index is 13.3. The molecule has 1 heterocycles. The van der Waals surface area contributed by atoms with Crippen LogP contribution in [0.3, 0.4) is 0 Å². The molecule has 0 amide bonds. The Morgan fingerprint density at radius 3 is 2.82 bits per heavy atom. The molecule has 0 fully saturated rings.